The van der Waals surface area contributed by atoms with Gasteiger partial charge in [0.15, 0.2) is 17.4 Å². The molecule has 296 valence electrons. The summed E-state index contributed by atoms with van der Waals surface area (Å²) >= 11 is 0. The van der Waals surface area contributed by atoms with Gasteiger partial charge in [0.1, 0.15) is 17.6 Å². The summed E-state index contributed by atoms with van der Waals surface area (Å²) in [7, 11) is 1.83. The fourth-order valence-electron chi connectivity index (χ4n) is 7.02. The van der Waals surface area contributed by atoms with Crippen molar-refractivity contribution in [2.75, 3.05) is 56.6 Å². The Kier molecular flexibility index (Phi) is 12.7. The van der Waals surface area contributed by atoms with Crippen LogP contribution in [-0.2, 0) is 33.8 Å². The Bertz CT molecular complexity index is 1980. The number of amides is 2. The number of alkyl halides is 3. The first-order valence-electron chi connectivity index (χ1n) is 18.2. The highest BCUT2D eigenvalue weighted by molar-refractivity contribution is 7.82. The van der Waals surface area contributed by atoms with Crippen LogP contribution in [0.15, 0.2) is 53.7 Å². The van der Waals surface area contributed by atoms with Gasteiger partial charge >= 0.3 is 6.18 Å². The Morgan fingerprint density at radius 1 is 1.07 bits per heavy atom. The molecule has 2 saturated heterocycles. The molecular weight excluding hydrogens is 743 g/mol. The molecule has 0 bridgehead atoms. The minimum absolute atomic E-state index is 0.000836. The average molecular weight is 788 g/mol. The van der Waals surface area contributed by atoms with E-state index in [1.54, 1.807) is 16.0 Å². The Labute approximate surface area is 319 Å². The number of rotatable bonds is 14. The zero-order valence-electron chi connectivity index (χ0n) is 30.9. The van der Waals surface area contributed by atoms with Gasteiger partial charge in [-0.15, -0.1) is 0 Å². The number of nitrogens with one attached hydrogen (secondary N) is 2. The van der Waals surface area contributed by atoms with Crippen molar-refractivity contribution in [3.8, 4) is 5.75 Å². The number of nitrogens with zero attached hydrogens (tertiary/aromatic N) is 7. The summed E-state index contributed by atoms with van der Waals surface area (Å²) < 4.78 is 76.3. The molecule has 2 fully saturated rings. The second-order valence-corrected chi connectivity index (χ2v) is 15.4. The second kappa shape index (κ2) is 17.4. The van der Waals surface area contributed by atoms with Crippen LogP contribution >= 0.6 is 0 Å². The summed E-state index contributed by atoms with van der Waals surface area (Å²) in [6.07, 6.45) is 0.807. The Balaban J connectivity index is 0.983. The molecule has 0 spiro atoms. The lowest BCUT2D eigenvalue weighted by atomic mass is 9.88. The highest BCUT2D eigenvalue weighted by Crippen LogP contribution is 2.34. The van der Waals surface area contributed by atoms with Gasteiger partial charge in [-0.25, -0.2) is 22.9 Å². The van der Waals surface area contributed by atoms with Crippen LogP contribution in [0.1, 0.15) is 56.1 Å². The smallest absolute Gasteiger partial charge is 0.419 e. The molecule has 18 heteroatoms. The zero-order chi connectivity index (χ0) is 39.3. The van der Waals surface area contributed by atoms with Crippen LogP contribution in [-0.4, -0.2) is 104 Å². The maximum atomic E-state index is 14.9. The van der Waals surface area contributed by atoms with Gasteiger partial charge in [0.2, 0.25) is 18.3 Å². The SMILES string of the molecule is CNC(=O)CCN(C=O)c1nn(C)c2cc(C3CCN(C(C)COc4cc(S(=O)N5CCC(Nc6ncc(C(F)(F)F)cn6)CC5)ccc4F)CC3)ccc12. The molecule has 55 heavy (non-hydrogen) atoms. The van der Waals surface area contributed by atoms with Crippen molar-refractivity contribution < 1.29 is 36.1 Å². The van der Waals surface area contributed by atoms with E-state index in [9.17, 15) is 31.4 Å². The van der Waals surface area contributed by atoms with Crippen LogP contribution in [0.4, 0.5) is 29.3 Å². The fourth-order valence-corrected chi connectivity index (χ4v) is 8.25. The lowest BCUT2D eigenvalue weighted by Crippen LogP contribution is -2.42. The number of carbonyl (C=O) groups excluding carboxylic acids is 2. The van der Waals surface area contributed by atoms with Crippen LogP contribution in [0.25, 0.3) is 10.9 Å². The topological polar surface area (TPSA) is 138 Å². The van der Waals surface area contributed by atoms with E-state index >= 15 is 0 Å². The van der Waals surface area contributed by atoms with Gasteiger partial charge in [-0.2, -0.15) is 18.3 Å². The highest BCUT2D eigenvalue weighted by atomic mass is 32.2. The van der Waals surface area contributed by atoms with E-state index in [2.05, 4.69) is 42.7 Å². The van der Waals surface area contributed by atoms with Crippen molar-refractivity contribution in [2.24, 2.45) is 7.05 Å². The molecule has 2 N–H and O–H groups in total. The molecule has 2 amide bonds. The number of piperidine rings is 2. The van der Waals surface area contributed by atoms with Crippen LogP contribution in [0.5, 0.6) is 5.75 Å². The zero-order valence-corrected chi connectivity index (χ0v) is 31.7. The molecule has 4 heterocycles. The maximum absolute atomic E-state index is 14.9. The number of fused-ring (bicyclic) bond motifs is 1. The van der Waals surface area contributed by atoms with Crippen LogP contribution < -0.4 is 20.3 Å². The molecule has 2 aromatic heterocycles. The van der Waals surface area contributed by atoms with Crippen LogP contribution in [0.2, 0.25) is 0 Å². The Hall–Kier alpha value is -4.68. The number of aryl methyl sites for hydroxylation is 1. The Morgan fingerprint density at radius 3 is 2.44 bits per heavy atom. The Morgan fingerprint density at radius 2 is 1.78 bits per heavy atom. The van der Waals surface area contributed by atoms with Gasteiger partial charge in [0.25, 0.3) is 0 Å². The van der Waals surface area contributed by atoms with Crippen molar-refractivity contribution in [3.63, 3.8) is 0 Å². The number of hydrogen-bond donors (Lipinski definition) is 2. The molecule has 0 radical (unpaired) electrons. The van der Waals surface area contributed by atoms with Crippen molar-refractivity contribution in [1.29, 1.82) is 0 Å². The van der Waals surface area contributed by atoms with E-state index in [-0.39, 0.29) is 49.3 Å². The summed E-state index contributed by atoms with van der Waals surface area (Å²) in [5, 5.41) is 11.0. The van der Waals surface area contributed by atoms with E-state index in [0.29, 0.717) is 49.0 Å². The van der Waals surface area contributed by atoms with E-state index in [1.165, 1.54) is 28.7 Å². The number of benzene rings is 2. The molecule has 2 aliphatic rings. The summed E-state index contributed by atoms with van der Waals surface area (Å²) in [6.45, 7) is 5.06. The normalized spacial score (nSPS) is 17.5. The van der Waals surface area contributed by atoms with E-state index in [0.717, 1.165) is 49.2 Å². The highest BCUT2D eigenvalue weighted by Gasteiger charge is 2.32. The first-order chi connectivity index (χ1) is 26.3. The third kappa shape index (κ3) is 9.59. The van der Waals surface area contributed by atoms with Gasteiger partial charge < -0.3 is 15.4 Å². The minimum Gasteiger partial charge on any atom is -0.489 e. The third-order valence-corrected chi connectivity index (χ3v) is 11.8. The number of ether oxygens (including phenoxy) is 1. The number of likely N-dealkylation sites (tertiary alicyclic amines) is 1. The predicted octanol–water partition coefficient (Wildman–Crippen LogP) is 4.87. The number of anilines is 2. The summed E-state index contributed by atoms with van der Waals surface area (Å²) in [5.41, 5.74) is 1.17. The molecule has 2 aliphatic heterocycles. The first-order valence-corrected chi connectivity index (χ1v) is 19.3. The van der Waals surface area contributed by atoms with Crippen molar-refractivity contribution >= 4 is 46.0 Å². The minimum atomic E-state index is -4.51. The lowest BCUT2D eigenvalue weighted by Gasteiger charge is -2.36. The summed E-state index contributed by atoms with van der Waals surface area (Å²) in [5.74, 6) is 0.287. The van der Waals surface area contributed by atoms with Gasteiger partial charge in [-0.05, 0) is 81.4 Å². The monoisotopic (exact) mass is 787 g/mol. The molecule has 6 rings (SSSR count). The van der Waals surface area contributed by atoms with Crippen molar-refractivity contribution in [3.05, 3.63) is 65.7 Å². The number of halogens is 4. The molecule has 0 aliphatic carbocycles. The molecule has 2 aromatic carbocycles. The fraction of sp³-hybridized carbons (Fsp3) is 0.486. The van der Waals surface area contributed by atoms with Gasteiger partial charge in [0.05, 0.1) is 16.0 Å². The average Bonchev–Trinajstić information content (AvgIpc) is 3.52. The molecule has 13 nitrogen and oxygen atoms in total. The van der Waals surface area contributed by atoms with E-state index < -0.39 is 28.5 Å². The van der Waals surface area contributed by atoms with Crippen molar-refractivity contribution in [2.45, 2.75) is 68.1 Å². The van der Waals surface area contributed by atoms with Crippen LogP contribution in [0, 0.1) is 5.82 Å². The van der Waals surface area contributed by atoms with Crippen LogP contribution in [0.3, 0.4) is 0 Å². The predicted molar refractivity (Wildman–Crippen MR) is 199 cm³/mol. The summed E-state index contributed by atoms with van der Waals surface area (Å²) in [6, 6.07) is 10.3. The molecule has 2 atom stereocenters. The number of carbonyl (C=O) groups is 2. The largest absolute Gasteiger partial charge is 0.489 e. The van der Waals surface area contributed by atoms with E-state index in [1.807, 2.05) is 20.0 Å². The quantitative estimate of drug-likeness (QED) is 0.136. The third-order valence-electron chi connectivity index (χ3n) is 10.3. The first kappa shape index (κ1) is 40.0. The van der Waals surface area contributed by atoms with E-state index in [4.69, 9.17) is 4.74 Å². The maximum Gasteiger partial charge on any atom is 0.419 e. The second-order valence-electron chi connectivity index (χ2n) is 13.9. The number of aromatic nitrogens is 4. The molecule has 4 aromatic rings. The van der Waals surface area contributed by atoms with Gasteiger partial charge in [-0.3, -0.25) is 24.1 Å². The molecule has 0 saturated carbocycles. The summed E-state index contributed by atoms with van der Waals surface area (Å²) in [4.78, 5) is 35.3. The molecule has 2 unspecified atom stereocenters. The van der Waals surface area contributed by atoms with Gasteiger partial charge in [-0.1, -0.05) is 6.07 Å². The van der Waals surface area contributed by atoms with Gasteiger partial charge in [0, 0.05) is 76.1 Å². The van der Waals surface area contributed by atoms with Crippen molar-refractivity contribution in [1.82, 2.24) is 34.3 Å². The lowest BCUT2D eigenvalue weighted by molar-refractivity contribution is -0.138. The standard InChI is InChI=1S/C37H45F4N9O4S/c1-24(48-13-8-25(9-14-48)26-4-6-30-32(18-26)47(3)46-35(30)49(23-51)15-12-34(52)42-2)22-54-33-19-29(5-7-31(33)38)55(53)50-16-10-28(11-17-50)45-36-43-20-27(21-44-36)37(39,40)41/h4-7,18-21,23-25,28H,8-17,22H2,1-3H3,(H,42,52)(H,43,44,45). The number of hydrogen-bond acceptors (Lipinski definition) is 9. The molecular formula is C37H45F4N9O4S.